The van der Waals surface area contributed by atoms with Crippen molar-refractivity contribution in [3.8, 4) is 22.2 Å². The van der Waals surface area contributed by atoms with Gasteiger partial charge in [0.05, 0.1) is 5.54 Å². The smallest absolute Gasteiger partial charge is 0.277 e. The highest BCUT2D eigenvalue weighted by molar-refractivity contribution is 7.13. The normalized spacial score (nSPS) is 15.7. The largest absolute Gasteiger partial charge is 0.332 e. The first-order chi connectivity index (χ1) is 10.6. The summed E-state index contributed by atoms with van der Waals surface area (Å²) >= 11 is 1.45. The van der Waals surface area contributed by atoms with Gasteiger partial charge in [0.2, 0.25) is 0 Å². The Bertz CT molecular complexity index is 813. The number of nitrogens with two attached hydrogens (primary N) is 1. The van der Waals surface area contributed by atoms with Gasteiger partial charge >= 0.3 is 0 Å². The van der Waals surface area contributed by atoms with Crippen molar-refractivity contribution in [1.82, 2.24) is 15.1 Å². The zero-order chi connectivity index (χ0) is 15.2. The summed E-state index contributed by atoms with van der Waals surface area (Å²) in [6, 6.07) is 6.22. The Morgan fingerprint density at radius 2 is 1.91 bits per heavy atom. The van der Waals surface area contributed by atoms with Crippen LogP contribution in [-0.2, 0) is 5.54 Å². The maximum atomic E-state index is 13.0. The second-order valence-electron chi connectivity index (χ2n) is 5.48. The number of hydrogen-bond acceptors (Lipinski definition) is 6. The van der Waals surface area contributed by atoms with Gasteiger partial charge in [0.15, 0.2) is 5.82 Å². The molecule has 4 rings (SSSR count). The van der Waals surface area contributed by atoms with Crippen LogP contribution in [0.1, 0.15) is 25.1 Å². The molecule has 5 nitrogen and oxygen atoms in total. The Hall–Kier alpha value is -1.83. The third-order valence-electron chi connectivity index (χ3n) is 3.93. The van der Waals surface area contributed by atoms with E-state index < -0.39 is 5.54 Å². The van der Waals surface area contributed by atoms with E-state index >= 15 is 0 Å². The van der Waals surface area contributed by atoms with Crippen molar-refractivity contribution >= 4 is 23.7 Å². The zero-order valence-corrected chi connectivity index (χ0v) is 13.7. The summed E-state index contributed by atoms with van der Waals surface area (Å²) in [7, 11) is 0. The van der Waals surface area contributed by atoms with Gasteiger partial charge in [-0.05, 0) is 43.5 Å². The molecule has 8 heteroatoms. The Morgan fingerprint density at radius 3 is 2.57 bits per heavy atom. The molecule has 0 atom stereocenters. The molecule has 0 amide bonds. The molecule has 2 heterocycles. The molecule has 0 spiro atoms. The van der Waals surface area contributed by atoms with Gasteiger partial charge in [-0.1, -0.05) is 5.16 Å². The van der Waals surface area contributed by atoms with E-state index in [9.17, 15) is 4.39 Å². The van der Waals surface area contributed by atoms with Crippen molar-refractivity contribution < 1.29 is 8.91 Å². The summed E-state index contributed by atoms with van der Waals surface area (Å²) in [6.07, 6.45) is 2.85. The summed E-state index contributed by atoms with van der Waals surface area (Å²) in [5, 5.41) is 6.61. The monoisotopic (exact) mass is 352 g/mol. The Balaban J connectivity index is 0.00000156. The van der Waals surface area contributed by atoms with Crippen LogP contribution < -0.4 is 5.73 Å². The molecule has 0 bridgehead atoms. The fourth-order valence-corrected chi connectivity index (χ4v) is 3.21. The van der Waals surface area contributed by atoms with Crippen molar-refractivity contribution in [2.75, 3.05) is 0 Å². The minimum Gasteiger partial charge on any atom is -0.332 e. The van der Waals surface area contributed by atoms with E-state index in [-0.39, 0.29) is 18.2 Å². The van der Waals surface area contributed by atoms with Crippen LogP contribution in [0.4, 0.5) is 4.39 Å². The zero-order valence-electron chi connectivity index (χ0n) is 12.0. The maximum absolute atomic E-state index is 13.0. The van der Waals surface area contributed by atoms with Gasteiger partial charge in [0, 0.05) is 10.9 Å². The van der Waals surface area contributed by atoms with Crippen molar-refractivity contribution in [3.63, 3.8) is 0 Å². The fraction of sp³-hybridized carbons (Fsp3) is 0.267. The highest BCUT2D eigenvalue weighted by Gasteiger charge is 2.39. The van der Waals surface area contributed by atoms with Crippen molar-refractivity contribution in [1.29, 1.82) is 0 Å². The molecule has 120 valence electrons. The van der Waals surface area contributed by atoms with Crippen molar-refractivity contribution in [3.05, 3.63) is 41.3 Å². The number of nitrogens with zero attached hydrogens (tertiary/aromatic N) is 3. The van der Waals surface area contributed by atoms with E-state index in [1.165, 1.54) is 23.5 Å². The van der Waals surface area contributed by atoms with Gasteiger partial charge in [-0.25, -0.2) is 9.37 Å². The minimum atomic E-state index is -0.447. The number of benzene rings is 1. The van der Waals surface area contributed by atoms with Crippen LogP contribution in [0.15, 0.2) is 34.2 Å². The summed E-state index contributed by atoms with van der Waals surface area (Å²) in [4.78, 5) is 8.86. The molecule has 0 saturated heterocycles. The van der Waals surface area contributed by atoms with E-state index in [1.807, 2.05) is 5.38 Å². The lowest BCUT2D eigenvalue weighted by atomic mass is 9.77. The summed E-state index contributed by atoms with van der Waals surface area (Å²) in [6.45, 7) is 0. The third-order valence-corrected chi connectivity index (χ3v) is 4.82. The molecule has 23 heavy (non-hydrogen) atoms. The van der Waals surface area contributed by atoms with Crippen LogP contribution >= 0.6 is 23.7 Å². The van der Waals surface area contributed by atoms with Gasteiger partial charge < -0.3 is 10.3 Å². The number of aromatic nitrogens is 3. The van der Waals surface area contributed by atoms with Crippen LogP contribution in [0.2, 0.25) is 0 Å². The SMILES string of the molecule is Cl.NC1(c2noc(-c3csc(-c4ccc(F)cc4)n3)n2)CCC1. The van der Waals surface area contributed by atoms with Crippen molar-refractivity contribution in [2.24, 2.45) is 5.73 Å². The first kappa shape index (κ1) is 16.0. The summed E-state index contributed by atoms with van der Waals surface area (Å²) in [5.74, 6) is 0.650. The van der Waals surface area contributed by atoms with Crippen molar-refractivity contribution in [2.45, 2.75) is 24.8 Å². The molecule has 2 N–H and O–H groups in total. The Kier molecular flexibility index (Phi) is 4.18. The summed E-state index contributed by atoms with van der Waals surface area (Å²) < 4.78 is 18.2. The predicted octanol–water partition coefficient (Wildman–Crippen LogP) is 3.76. The first-order valence-electron chi connectivity index (χ1n) is 6.99. The Morgan fingerprint density at radius 1 is 1.17 bits per heavy atom. The van der Waals surface area contributed by atoms with Gasteiger partial charge in [-0.2, -0.15) is 4.98 Å². The average Bonchev–Trinajstić information content (AvgIpc) is 3.14. The molecule has 1 aromatic carbocycles. The second-order valence-corrected chi connectivity index (χ2v) is 6.34. The van der Waals surface area contributed by atoms with Gasteiger partial charge in [-0.3, -0.25) is 0 Å². The molecule has 1 aliphatic rings. The number of halogens is 2. The molecule has 2 aromatic heterocycles. The number of hydrogen-bond donors (Lipinski definition) is 1. The fourth-order valence-electron chi connectivity index (χ4n) is 2.41. The van der Waals surface area contributed by atoms with Gasteiger partial charge in [0.25, 0.3) is 5.89 Å². The summed E-state index contributed by atoms with van der Waals surface area (Å²) in [5.41, 5.74) is 7.21. The average molecular weight is 353 g/mol. The molecular weight excluding hydrogens is 339 g/mol. The van der Waals surface area contributed by atoms with Gasteiger partial charge in [0.1, 0.15) is 16.5 Å². The van der Waals surface area contributed by atoms with Gasteiger partial charge in [-0.15, -0.1) is 23.7 Å². The molecule has 0 radical (unpaired) electrons. The van der Waals surface area contributed by atoms with Crippen LogP contribution in [0.5, 0.6) is 0 Å². The first-order valence-corrected chi connectivity index (χ1v) is 7.87. The minimum absolute atomic E-state index is 0. The molecule has 3 aromatic rings. The maximum Gasteiger partial charge on any atom is 0.277 e. The molecule has 1 saturated carbocycles. The van der Waals surface area contributed by atoms with E-state index in [0.717, 1.165) is 29.8 Å². The van der Waals surface area contributed by atoms with E-state index in [4.69, 9.17) is 10.3 Å². The molecule has 1 aliphatic carbocycles. The molecule has 1 fully saturated rings. The van der Waals surface area contributed by atoms with E-state index in [0.29, 0.717) is 17.4 Å². The highest BCUT2D eigenvalue weighted by Crippen LogP contribution is 2.38. The number of rotatable bonds is 3. The Labute approximate surface area is 142 Å². The standard InChI is InChI=1S/C15H13FN4OS.ClH/c16-10-4-2-9(3-5-10)13-18-11(8-22-13)12-19-14(20-21-12)15(17)6-1-7-15;/h2-5,8H,1,6-7,17H2;1H. The lowest BCUT2D eigenvalue weighted by molar-refractivity contribution is 0.229. The molecular formula is C15H14ClFN4OS. The van der Waals surface area contributed by atoms with E-state index in [1.54, 1.807) is 12.1 Å². The number of thiazole rings is 1. The topological polar surface area (TPSA) is 77.8 Å². The van der Waals surface area contributed by atoms with Crippen LogP contribution in [-0.4, -0.2) is 15.1 Å². The lowest BCUT2D eigenvalue weighted by Gasteiger charge is -2.34. The predicted molar refractivity (Wildman–Crippen MR) is 87.8 cm³/mol. The van der Waals surface area contributed by atoms with Crippen LogP contribution in [0.3, 0.4) is 0 Å². The van der Waals surface area contributed by atoms with Crippen LogP contribution in [0.25, 0.3) is 22.2 Å². The quantitative estimate of drug-likeness (QED) is 0.776. The third kappa shape index (κ3) is 2.87. The highest BCUT2D eigenvalue weighted by atomic mass is 35.5. The van der Waals surface area contributed by atoms with E-state index in [2.05, 4.69) is 15.1 Å². The lowest BCUT2D eigenvalue weighted by Crippen LogP contribution is -2.44. The second kappa shape index (κ2) is 5.99. The molecule has 0 aliphatic heterocycles. The molecule has 0 unspecified atom stereocenters. The van der Waals surface area contributed by atoms with Crippen LogP contribution in [0, 0.1) is 5.82 Å².